The number of carbonyl (C=O) groups excluding carboxylic acids is 1. The number of amides is 1. The van der Waals surface area contributed by atoms with Crippen LogP contribution in [0.1, 0.15) is 32.7 Å². The molecule has 7 nitrogen and oxygen atoms in total. The van der Waals surface area contributed by atoms with E-state index in [0.29, 0.717) is 41.2 Å². The zero-order valence-electron chi connectivity index (χ0n) is 19.4. The molecule has 0 aliphatic heterocycles. The highest BCUT2D eigenvalue weighted by Crippen LogP contribution is 2.30. The highest BCUT2D eigenvalue weighted by Gasteiger charge is 2.30. The van der Waals surface area contributed by atoms with Gasteiger partial charge in [-0.25, -0.2) is 14.6 Å². The number of halogens is 3. The molecule has 0 atom stereocenters. The molecule has 0 fully saturated rings. The van der Waals surface area contributed by atoms with Crippen molar-refractivity contribution < 1.29 is 18.0 Å². The minimum atomic E-state index is -4.53. The Labute approximate surface area is 209 Å². The number of aromatic nitrogens is 4. The third-order valence-electron chi connectivity index (χ3n) is 5.81. The molecular formula is C27H21F3N6O. The van der Waals surface area contributed by atoms with Gasteiger partial charge in [-0.3, -0.25) is 4.79 Å². The van der Waals surface area contributed by atoms with Crippen LogP contribution in [0.4, 0.5) is 24.7 Å². The molecule has 0 aliphatic carbocycles. The number of hydrogen-bond donors (Lipinski definition) is 2. The van der Waals surface area contributed by atoms with Gasteiger partial charge >= 0.3 is 6.18 Å². The molecule has 2 aromatic heterocycles. The van der Waals surface area contributed by atoms with Crippen LogP contribution in [0.3, 0.4) is 0 Å². The molecule has 0 bridgehead atoms. The normalized spacial score (nSPS) is 11.5. The third-order valence-corrected chi connectivity index (χ3v) is 5.81. The molecule has 5 rings (SSSR count). The maximum absolute atomic E-state index is 13.0. The maximum Gasteiger partial charge on any atom is 0.416 e. The summed E-state index contributed by atoms with van der Waals surface area (Å²) >= 11 is 0. The van der Waals surface area contributed by atoms with Gasteiger partial charge in [0.05, 0.1) is 23.2 Å². The van der Waals surface area contributed by atoms with Crippen LogP contribution in [0, 0.1) is 0 Å². The minimum absolute atomic E-state index is 0.0872. The molecule has 10 heteroatoms. The monoisotopic (exact) mass is 502 g/mol. The fourth-order valence-corrected chi connectivity index (χ4v) is 4.09. The van der Waals surface area contributed by atoms with Gasteiger partial charge < -0.3 is 11.1 Å². The van der Waals surface area contributed by atoms with Gasteiger partial charge in [-0.2, -0.15) is 18.3 Å². The lowest BCUT2D eigenvalue weighted by atomic mass is 10.1. The van der Waals surface area contributed by atoms with E-state index in [4.69, 9.17) is 10.8 Å². The zero-order chi connectivity index (χ0) is 26.0. The van der Waals surface area contributed by atoms with Gasteiger partial charge in [0.15, 0.2) is 5.65 Å². The Bertz CT molecular complexity index is 1580. The fourth-order valence-electron chi connectivity index (χ4n) is 4.09. The second-order valence-electron chi connectivity index (χ2n) is 8.46. The summed E-state index contributed by atoms with van der Waals surface area (Å²) in [5.74, 6) is -0.327. The van der Waals surface area contributed by atoms with Crippen molar-refractivity contribution in [2.75, 3.05) is 11.1 Å². The van der Waals surface area contributed by atoms with Crippen molar-refractivity contribution in [1.29, 1.82) is 0 Å². The summed E-state index contributed by atoms with van der Waals surface area (Å²) in [6.45, 7) is 0.501. The number of anilines is 2. The highest BCUT2D eigenvalue weighted by molar-refractivity contribution is 6.04. The molecule has 0 saturated carbocycles. The molecular weight excluding hydrogens is 481 g/mol. The molecule has 0 unspecified atom stereocenters. The lowest BCUT2D eigenvalue weighted by Crippen LogP contribution is -2.14. The van der Waals surface area contributed by atoms with E-state index < -0.39 is 17.6 Å². The van der Waals surface area contributed by atoms with E-state index in [1.807, 2.05) is 36.4 Å². The first-order valence-corrected chi connectivity index (χ1v) is 11.4. The SMILES string of the molecule is Nc1ncnc2c1c(Cc1cccc(NC(=O)c3cccc(C(F)(F)F)c3)c1)nn2Cc1ccccc1. The van der Waals surface area contributed by atoms with E-state index in [1.54, 1.807) is 22.9 Å². The van der Waals surface area contributed by atoms with Crippen molar-refractivity contribution >= 4 is 28.4 Å². The van der Waals surface area contributed by atoms with E-state index in [1.165, 1.54) is 18.5 Å². The van der Waals surface area contributed by atoms with Gasteiger partial charge in [0.25, 0.3) is 5.91 Å². The number of rotatable bonds is 6. The number of fused-ring (bicyclic) bond motifs is 1. The van der Waals surface area contributed by atoms with Crippen LogP contribution >= 0.6 is 0 Å². The first-order valence-electron chi connectivity index (χ1n) is 11.4. The summed E-state index contributed by atoms with van der Waals surface area (Å²) in [6, 6.07) is 21.1. The Morgan fingerprint density at radius 3 is 2.46 bits per heavy atom. The smallest absolute Gasteiger partial charge is 0.383 e. The van der Waals surface area contributed by atoms with E-state index >= 15 is 0 Å². The molecule has 3 N–H and O–H groups in total. The number of benzene rings is 3. The molecule has 0 aliphatic rings. The van der Waals surface area contributed by atoms with Gasteiger partial charge in [-0.05, 0) is 41.5 Å². The van der Waals surface area contributed by atoms with Gasteiger partial charge in [0.1, 0.15) is 12.1 Å². The summed E-state index contributed by atoms with van der Waals surface area (Å²) < 4.78 is 40.8. The Kier molecular flexibility index (Phi) is 6.31. The second kappa shape index (κ2) is 9.73. The van der Waals surface area contributed by atoms with Crippen molar-refractivity contribution in [3.8, 4) is 0 Å². The van der Waals surface area contributed by atoms with Crippen LogP contribution in [0.2, 0.25) is 0 Å². The minimum Gasteiger partial charge on any atom is -0.383 e. The maximum atomic E-state index is 13.0. The number of nitrogens with one attached hydrogen (secondary N) is 1. The number of nitrogens with zero attached hydrogens (tertiary/aromatic N) is 4. The van der Waals surface area contributed by atoms with E-state index in [9.17, 15) is 18.0 Å². The Hall–Kier alpha value is -4.73. The average Bonchev–Trinajstić information content (AvgIpc) is 3.22. The van der Waals surface area contributed by atoms with Gasteiger partial charge in [-0.15, -0.1) is 0 Å². The Morgan fingerprint density at radius 1 is 0.919 bits per heavy atom. The topological polar surface area (TPSA) is 98.7 Å². The van der Waals surface area contributed by atoms with Crippen LogP contribution in [0.15, 0.2) is 85.2 Å². The summed E-state index contributed by atoms with van der Waals surface area (Å²) in [5.41, 5.74) is 8.80. The van der Waals surface area contributed by atoms with Crippen molar-refractivity contribution in [2.24, 2.45) is 0 Å². The molecule has 186 valence electrons. The number of carbonyl (C=O) groups is 1. The molecule has 2 heterocycles. The standard InChI is InChI=1S/C27H21F3N6O/c28-27(29,30)20-10-5-9-19(14-20)26(37)34-21-11-4-8-18(12-21)13-22-23-24(31)32-16-33-25(23)36(35-22)15-17-6-2-1-3-7-17/h1-12,14,16H,13,15H2,(H,34,37)(H2,31,32,33). The van der Waals surface area contributed by atoms with E-state index in [2.05, 4.69) is 15.3 Å². The van der Waals surface area contributed by atoms with Crippen LogP contribution in [-0.2, 0) is 19.1 Å². The molecule has 1 amide bonds. The number of hydrogen-bond acceptors (Lipinski definition) is 5. The van der Waals surface area contributed by atoms with Gasteiger partial charge in [0, 0.05) is 17.7 Å². The van der Waals surface area contributed by atoms with Gasteiger partial charge in [-0.1, -0.05) is 48.5 Å². The highest BCUT2D eigenvalue weighted by atomic mass is 19.4. The summed E-state index contributed by atoms with van der Waals surface area (Å²) in [4.78, 5) is 21.1. The first-order chi connectivity index (χ1) is 17.8. The van der Waals surface area contributed by atoms with Crippen LogP contribution in [-0.4, -0.2) is 25.7 Å². The number of nitrogen functional groups attached to an aromatic ring is 1. The van der Waals surface area contributed by atoms with Crippen molar-refractivity contribution in [3.05, 3.63) is 113 Å². The predicted molar refractivity (Wildman–Crippen MR) is 134 cm³/mol. The molecule has 3 aromatic carbocycles. The fraction of sp³-hybridized carbons (Fsp3) is 0.111. The second-order valence-corrected chi connectivity index (χ2v) is 8.46. The summed E-state index contributed by atoms with van der Waals surface area (Å²) in [7, 11) is 0. The average molecular weight is 503 g/mol. The Morgan fingerprint density at radius 2 is 1.68 bits per heavy atom. The molecule has 37 heavy (non-hydrogen) atoms. The van der Waals surface area contributed by atoms with Crippen LogP contribution in [0.25, 0.3) is 11.0 Å². The molecule has 5 aromatic rings. The van der Waals surface area contributed by atoms with Gasteiger partial charge in [0.2, 0.25) is 0 Å². The van der Waals surface area contributed by atoms with E-state index in [-0.39, 0.29) is 5.56 Å². The van der Waals surface area contributed by atoms with Crippen molar-refractivity contribution in [3.63, 3.8) is 0 Å². The first kappa shape index (κ1) is 24.0. The zero-order valence-corrected chi connectivity index (χ0v) is 19.4. The molecule has 0 saturated heterocycles. The Balaban J connectivity index is 1.40. The van der Waals surface area contributed by atoms with Crippen molar-refractivity contribution in [1.82, 2.24) is 19.7 Å². The summed E-state index contributed by atoms with van der Waals surface area (Å²) in [5, 5.41) is 8.07. The van der Waals surface area contributed by atoms with Crippen LogP contribution < -0.4 is 11.1 Å². The quantitative estimate of drug-likeness (QED) is 0.328. The molecule has 0 radical (unpaired) electrons. The predicted octanol–water partition coefficient (Wildman–Crippen LogP) is 5.32. The third kappa shape index (κ3) is 5.27. The number of alkyl halides is 3. The van der Waals surface area contributed by atoms with Crippen LogP contribution in [0.5, 0.6) is 0 Å². The lowest BCUT2D eigenvalue weighted by molar-refractivity contribution is -0.137. The molecule has 0 spiro atoms. The van der Waals surface area contributed by atoms with Crippen molar-refractivity contribution in [2.45, 2.75) is 19.1 Å². The number of nitrogens with two attached hydrogens (primary N) is 1. The summed E-state index contributed by atoms with van der Waals surface area (Å²) in [6.07, 6.45) is -2.76. The lowest BCUT2D eigenvalue weighted by Gasteiger charge is -2.10. The largest absolute Gasteiger partial charge is 0.416 e. The van der Waals surface area contributed by atoms with E-state index in [0.717, 1.165) is 23.3 Å².